The molecule has 1 aliphatic heterocycles. The minimum Gasteiger partial charge on any atom is -0.370 e. The summed E-state index contributed by atoms with van der Waals surface area (Å²) in [5, 5.41) is 6.22. The number of benzene rings is 7. The van der Waals surface area contributed by atoms with Gasteiger partial charge in [-0.05, 0) is 56.3 Å². The number of para-hydroxylation sites is 2. The molecule has 48 heavy (non-hydrogen) atoms. The van der Waals surface area contributed by atoms with Crippen LogP contribution in [0.5, 0.6) is 0 Å². The van der Waals surface area contributed by atoms with Gasteiger partial charge in [0.05, 0.1) is 27.5 Å². The number of fused-ring (bicyclic) bond motifs is 19. The number of nitrogens with zero attached hydrogens (tertiary/aromatic N) is 5. The first-order chi connectivity index (χ1) is 23.8. The Morgan fingerprint density at radius 1 is 0.458 bits per heavy atom. The van der Waals surface area contributed by atoms with Gasteiger partial charge in [-0.1, -0.05) is 128 Å². The third-order valence-corrected chi connectivity index (χ3v) is 10.6. The van der Waals surface area contributed by atoms with E-state index in [0.29, 0.717) is 11.0 Å². The monoisotopic (exact) mass is 607 g/mol. The molecule has 2 aromatic heterocycles. The van der Waals surface area contributed by atoms with E-state index in [1.54, 1.807) is 0 Å². The fourth-order valence-electron chi connectivity index (χ4n) is 8.96. The first kappa shape index (κ1) is 25.4. The fraction of sp³-hybridized carbons (Fsp3) is 0.0233. The van der Waals surface area contributed by atoms with Crippen LogP contribution in [0.2, 0.25) is 0 Å². The van der Waals surface area contributed by atoms with E-state index in [1.165, 1.54) is 38.9 Å². The van der Waals surface area contributed by atoms with E-state index >= 15 is 0 Å². The van der Waals surface area contributed by atoms with E-state index in [2.05, 4.69) is 123 Å². The van der Waals surface area contributed by atoms with Crippen molar-refractivity contribution >= 4 is 66.0 Å². The molecule has 0 saturated carbocycles. The van der Waals surface area contributed by atoms with E-state index in [1.807, 2.05) is 18.2 Å². The largest absolute Gasteiger partial charge is 0.370 e. The van der Waals surface area contributed by atoms with Crippen LogP contribution in [0.15, 0.2) is 127 Å². The number of aromatic nitrogens is 3. The van der Waals surface area contributed by atoms with Gasteiger partial charge >= 0.3 is 0 Å². The van der Waals surface area contributed by atoms with E-state index in [-0.39, 0.29) is 11.6 Å². The number of hydrogen-bond acceptors (Lipinski definition) is 2. The molecule has 9 aromatic rings. The van der Waals surface area contributed by atoms with E-state index < -0.39 is 5.41 Å². The lowest BCUT2D eigenvalue weighted by molar-refractivity contribution is 0.749. The van der Waals surface area contributed by atoms with Gasteiger partial charge in [0.2, 0.25) is 11.0 Å². The Morgan fingerprint density at radius 2 is 1.00 bits per heavy atom. The third kappa shape index (κ3) is 2.75. The lowest BCUT2D eigenvalue weighted by Gasteiger charge is -2.39. The predicted molar refractivity (Wildman–Crippen MR) is 192 cm³/mol. The Bertz CT molecular complexity index is 3000. The van der Waals surface area contributed by atoms with Crippen molar-refractivity contribution in [3.8, 4) is 16.8 Å². The Labute approximate surface area is 274 Å². The second-order valence-electron chi connectivity index (χ2n) is 12.6. The zero-order chi connectivity index (χ0) is 31.7. The average Bonchev–Trinajstić information content (AvgIpc) is 3.65. The van der Waals surface area contributed by atoms with Gasteiger partial charge in [-0.25, -0.2) is 0 Å². The molecule has 7 aromatic carbocycles. The summed E-state index contributed by atoms with van der Waals surface area (Å²) < 4.78 is 2.43. The molecule has 1 aliphatic carbocycles. The van der Waals surface area contributed by atoms with Crippen molar-refractivity contribution in [2.75, 3.05) is 0 Å². The minimum atomic E-state index is -0.500. The van der Waals surface area contributed by atoms with Crippen LogP contribution in [0.4, 0.5) is 11.6 Å². The summed E-state index contributed by atoms with van der Waals surface area (Å²) >= 11 is 0. The zero-order valence-corrected chi connectivity index (χ0v) is 25.4. The van der Waals surface area contributed by atoms with Crippen molar-refractivity contribution in [1.82, 2.24) is 14.5 Å². The molecule has 11 rings (SSSR count). The molecule has 0 amide bonds. The summed E-state index contributed by atoms with van der Waals surface area (Å²) in [5.41, 5.74) is 11.7. The molecule has 5 heteroatoms. The molecule has 218 valence electrons. The average molecular weight is 608 g/mol. The molecule has 0 saturated heterocycles. The Hall–Kier alpha value is -6.82. The maximum atomic E-state index is 7.88. The smallest absolute Gasteiger partial charge is 0.294 e. The fourth-order valence-corrected chi connectivity index (χ4v) is 8.96. The van der Waals surface area contributed by atoms with Crippen molar-refractivity contribution in [2.45, 2.75) is 5.41 Å². The maximum absolute atomic E-state index is 7.88. The lowest BCUT2D eigenvalue weighted by Crippen LogP contribution is -2.33. The van der Waals surface area contributed by atoms with Gasteiger partial charge in [0, 0.05) is 16.2 Å². The molecular formula is C43H21N5. The highest BCUT2D eigenvalue weighted by Crippen LogP contribution is 2.61. The lowest BCUT2D eigenvalue weighted by atomic mass is 9.65. The van der Waals surface area contributed by atoms with Crippen LogP contribution < -0.4 is 0 Å². The van der Waals surface area contributed by atoms with Gasteiger partial charge in [0.25, 0.3) is 11.6 Å². The highest BCUT2D eigenvalue weighted by molar-refractivity contribution is 6.32. The van der Waals surface area contributed by atoms with Gasteiger partial charge < -0.3 is 14.3 Å². The normalized spacial score (nSPS) is 13.5. The number of hydrogen-bond donors (Lipinski definition) is 0. The topological polar surface area (TPSA) is 39.4 Å². The summed E-state index contributed by atoms with van der Waals surface area (Å²) in [7, 11) is 0. The van der Waals surface area contributed by atoms with Crippen LogP contribution in [-0.4, -0.2) is 14.5 Å². The summed E-state index contributed by atoms with van der Waals surface area (Å²) in [4.78, 5) is 17.0. The van der Waals surface area contributed by atoms with Gasteiger partial charge in [-0.15, -0.1) is 9.97 Å². The summed E-state index contributed by atoms with van der Waals surface area (Å²) in [5.74, 6) is 0.0593. The minimum absolute atomic E-state index is 0.0278. The molecule has 0 bridgehead atoms. The van der Waals surface area contributed by atoms with Crippen molar-refractivity contribution in [3.63, 3.8) is 0 Å². The van der Waals surface area contributed by atoms with Crippen LogP contribution in [0.1, 0.15) is 22.3 Å². The Morgan fingerprint density at radius 3 is 1.73 bits per heavy atom. The van der Waals surface area contributed by atoms with Crippen LogP contribution in [0, 0.1) is 13.1 Å². The van der Waals surface area contributed by atoms with Crippen molar-refractivity contribution in [2.24, 2.45) is 0 Å². The molecule has 3 heterocycles. The predicted octanol–water partition coefficient (Wildman–Crippen LogP) is 10.8. The first-order valence-corrected chi connectivity index (χ1v) is 15.9. The van der Waals surface area contributed by atoms with E-state index in [4.69, 9.17) is 23.1 Å². The molecule has 0 radical (unpaired) electrons. The Kier molecular flexibility index (Phi) is 4.60. The second kappa shape index (κ2) is 8.70. The van der Waals surface area contributed by atoms with Crippen LogP contribution in [0.3, 0.4) is 0 Å². The highest BCUT2D eigenvalue weighted by atomic mass is 15.0. The van der Waals surface area contributed by atoms with E-state index in [9.17, 15) is 0 Å². The van der Waals surface area contributed by atoms with Gasteiger partial charge in [-0.2, -0.15) is 0 Å². The van der Waals surface area contributed by atoms with Crippen molar-refractivity contribution < 1.29 is 0 Å². The van der Waals surface area contributed by atoms with Crippen LogP contribution >= 0.6 is 0 Å². The number of rotatable bonds is 0. The first-order valence-electron chi connectivity index (χ1n) is 15.9. The standard InChI is InChI=1S/C43H21N5/c1-44-41-42(45-2)47-38-36-27(24-12-3-4-15-28(24)37(38)46-41)22-23-30-29-16-11-20-34-39(29)48(40(30)36)35-21-10-9-19-33(35)43(34)31-17-7-5-13-25(31)26-14-6-8-18-32(26)43/h3-23H. The molecule has 1 spiro atoms. The summed E-state index contributed by atoms with van der Waals surface area (Å²) in [6.07, 6.45) is 0. The van der Waals surface area contributed by atoms with Crippen LogP contribution in [-0.2, 0) is 5.41 Å². The molecular weight excluding hydrogens is 587 g/mol. The zero-order valence-electron chi connectivity index (χ0n) is 25.4. The molecule has 0 unspecified atom stereocenters. The third-order valence-electron chi connectivity index (χ3n) is 10.6. The van der Waals surface area contributed by atoms with Gasteiger partial charge in [-0.3, -0.25) is 0 Å². The Balaban J connectivity index is 1.43. The van der Waals surface area contributed by atoms with Crippen LogP contribution in [0.25, 0.3) is 80.9 Å². The molecule has 0 atom stereocenters. The van der Waals surface area contributed by atoms with Gasteiger partial charge in [0.15, 0.2) is 0 Å². The maximum Gasteiger partial charge on any atom is 0.294 e. The molecule has 5 nitrogen and oxygen atoms in total. The van der Waals surface area contributed by atoms with Crippen molar-refractivity contribution in [3.05, 3.63) is 172 Å². The quantitative estimate of drug-likeness (QED) is 0.127. The summed E-state index contributed by atoms with van der Waals surface area (Å²) in [6.45, 7) is 15.7. The second-order valence-corrected chi connectivity index (χ2v) is 12.6. The molecule has 2 aliphatic rings. The van der Waals surface area contributed by atoms with Crippen molar-refractivity contribution in [1.29, 1.82) is 0 Å². The van der Waals surface area contributed by atoms with Gasteiger partial charge in [0.1, 0.15) is 0 Å². The molecule has 0 fully saturated rings. The van der Waals surface area contributed by atoms with E-state index in [0.717, 1.165) is 43.5 Å². The summed E-state index contributed by atoms with van der Waals surface area (Å²) in [6, 6.07) is 45.9. The SMILES string of the molecule is [C-]#[N+]c1nc2c3ccccc3c3ccc4c5cccc6c5n(c4c3c2nc1[N+]#[C-])-c1ccccc1C61c2ccccc2-c2ccccc21. The molecule has 0 N–H and O–H groups in total. The highest BCUT2D eigenvalue weighted by Gasteiger charge is 2.50.